The molecule has 21 heavy (non-hydrogen) atoms. The highest BCUT2D eigenvalue weighted by Gasteiger charge is 2.42. The quantitative estimate of drug-likeness (QED) is 0.861. The first-order valence-corrected chi connectivity index (χ1v) is 8.64. The SMILES string of the molecule is COC(=O)C1CCCC1S(=O)(=O)Nc1c(C)cccc1Cl. The van der Waals surface area contributed by atoms with E-state index in [1.54, 1.807) is 25.1 Å². The second kappa shape index (κ2) is 6.23. The lowest BCUT2D eigenvalue weighted by molar-refractivity contribution is -0.145. The Bertz CT molecular complexity index is 624. The van der Waals surface area contributed by atoms with Crippen molar-refractivity contribution in [3.8, 4) is 0 Å². The average molecular weight is 332 g/mol. The Morgan fingerprint density at radius 3 is 2.71 bits per heavy atom. The predicted octanol–water partition coefficient (Wildman–Crippen LogP) is 2.73. The number of halogens is 1. The van der Waals surface area contributed by atoms with Gasteiger partial charge in [-0.3, -0.25) is 9.52 Å². The minimum Gasteiger partial charge on any atom is -0.469 e. The van der Waals surface area contributed by atoms with Crippen molar-refractivity contribution in [2.24, 2.45) is 5.92 Å². The van der Waals surface area contributed by atoms with Gasteiger partial charge in [0.25, 0.3) is 0 Å². The number of methoxy groups -OCH3 is 1. The molecule has 1 fully saturated rings. The highest BCUT2D eigenvalue weighted by atomic mass is 35.5. The first kappa shape index (κ1) is 16.1. The normalized spacial score (nSPS) is 22.0. The topological polar surface area (TPSA) is 72.5 Å². The lowest BCUT2D eigenvalue weighted by Crippen LogP contribution is -2.35. The second-order valence-corrected chi connectivity index (χ2v) is 7.48. The van der Waals surface area contributed by atoms with Crippen molar-refractivity contribution in [3.63, 3.8) is 0 Å². The van der Waals surface area contributed by atoms with Crippen LogP contribution in [0.2, 0.25) is 5.02 Å². The van der Waals surface area contributed by atoms with Crippen molar-refractivity contribution in [2.75, 3.05) is 11.8 Å². The minimum atomic E-state index is -3.70. The average Bonchev–Trinajstić information content (AvgIpc) is 2.92. The number of anilines is 1. The number of aryl methyl sites for hydroxylation is 1. The summed E-state index contributed by atoms with van der Waals surface area (Å²) in [5.74, 6) is -1.09. The van der Waals surface area contributed by atoms with Gasteiger partial charge in [-0.05, 0) is 31.4 Å². The zero-order valence-corrected chi connectivity index (χ0v) is 13.5. The number of carbonyl (C=O) groups is 1. The molecule has 1 aliphatic rings. The highest BCUT2D eigenvalue weighted by molar-refractivity contribution is 7.93. The minimum absolute atomic E-state index is 0.339. The van der Waals surface area contributed by atoms with E-state index in [4.69, 9.17) is 16.3 Å². The fraction of sp³-hybridized carbons (Fsp3) is 0.500. The molecule has 0 aliphatic heterocycles. The molecule has 7 heteroatoms. The van der Waals surface area contributed by atoms with Crippen molar-refractivity contribution in [1.29, 1.82) is 0 Å². The van der Waals surface area contributed by atoms with E-state index in [-0.39, 0.29) is 0 Å². The summed E-state index contributed by atoms with van der Waals surface area (Å²) in [7, 11) is -2.42. The molecule has 2 atom stereocenters. The van der Waals surface area contributed by atoms with E-state index in [9.17, 15) is 13.2 Å². The molecule has 0 aromatic heterocycles. The third kappa shape index (κ3) is 3.32. The Hall–Kier alpha value is -1.27. The summed E-state index contributed by atoms with van der Waals surface area (Å²) in [4.78, 5) is 11.7. The van der Waals surface area contributed by atoms with E-state index in [0.29, 0.717) is 30.0 Å². The van der Waals surface area contributed by atoms with E-state index in [2.05, 4.69) is 4.72 Å². The summed E-state index contributed by atoms with van der Waals surface area (Å²) in [6.45, 7) is 1.77. The number of para-hydroxylation sites is 1. The number of rotatable bonds is 4. The fourth-order valence-corrected chi connectivity index (χ4v) is 4.89. The molecule has 116 valence electrons. The van der Waals surface area contributed by atoms with Gasteiger partial charge in [0.15, 0.2) is 0 Å². The third-order valence-electron chi connectivity index (χ3n) is 3.82. The van der Waals surface area contributed by atoms with Crippen LogP contribution in [0.25, 0.3) is 0 Å². The standard InChI is InChI=1S/C14H18ClNO4S/c1-9-5-3-7-11(15)13(9)16-21(18,19)12-8-4-6-10(12)14(17)20-2/h3,5,7,10,12,16H,4,6,8H2,1-2H3. The Kier molecular flexibility index (Phi) is 4.78. The maximum absolute atomic E-state index is 12.6. The number of benzene rings is 1. The number of hydrogen-bond donors (Lipinski definition) is 1. The van der Waals surface area contributed by atoms with Gasteiger partial charge in [0.2, 0.25) is 10.0 Å². The molecule has 2 rings (SSSR count). The smallest absolute Gasteiger partial charge is 0.310 e. The van der Waals surface area contributed by atoms with Gasteiger partial charge < -0.3 is 4.74 Å². The zero-order chi connectivity index (χ0) is 15.6. The molecule has 2 unspecified atom stereocenters. The second-order valence-electron chi connectivity index (χ2n) is 5.18. The Labute approximate surface area is 129 Å². The molecule has 0 spiro atoms. The number of nitrogens with one attached hydrogen (secondary N) is 1. The largest absolute Gasteiger partial charge is 0.469 e. The van der Waals surface area contributed by atoms with Gasteiger partial charge in [-0.1, -0.05) is 30.2 Å². The lowest BCUT2D eigenvalue weighted by Gasteiger charge is -2.20. The van der Waals surface area contributed by atoms with Crippen LogP contribution in [0, 0.1) is 12.8 Å². The monoisotopic (exact) mass is 331 g/mol. The zero-order valence-electron chi connectivity index (χ0n) is 11.9. The fourth-order valence-electron chi connectivity index (χ4n) is 2.70. The molecule has 1 N–H and O–H groups in total. The van der Waals surface area contributed by atoms with Gasteiger partial charge in [0.05, 0.1) is 29.0 Å². The number of carbonyl (C=O) groups excluding carboxylic acids is 1. The van der Waals surface area contributed by atoms with Gasteiger partial charge in [-0.25, -0.2) is 8.42 Å². The molecule has 0 radical (unpaired) electrons. The molecule has 0 heterocycles. The number of esters is 1. The number of hydrogen-bond acceptors (Lipinski definition) is 4. The summed E-state index contributed by atoms with van der Waals surface area (Å²) < 4.78 is 32.4. The molecule has 1 aliphatic carbocycles. The first-order chi connectivity index (χ1) is 9.86. The highest BCUT2D eigenvalue weighted by Crippen LogP contribution is 2.34. The van der Waals surface area contributed by atoms with Crippen molar-refractivity contribution < 1.29 is 17.9 Å². The lowest BCUT2D eigenvalue weighted by atomic mass is 10.1. The van der Waals surface area contributed by atoms with Crippen molar-refractivity contribution in [1.82, 2.24) is 0 Å². The molecule has 1 aromatic rings. The maximum atomic E-state index is 12.6. The third-order valence-corrected chi connectivity index (χ3v) is 5.99. The van der Waals surface area contributed by atoms with Gasteiger partial charge in [-0.2, -0.15) is 0 Å². The van der Waals surface area contributed by atoms with Crippen LogP contribution >= 0.6 is 11.6 Å². The van der Waals surface area contributed by atoms with Gasteiger partial charge >= 0.3 is 5.97 Å². The van der Waals surface area contributed by atoms with E-state index < -0.39 is 27.2 Å². The van der Waals surface area contributed by atoms with Crippen LogP contribution in [0.15, 0.2) is 18.2 Å². The van der Waals surface area contributed by atoms with Crippen LogP contribution in [0.3, 0.4) is 0 Å². The molecular formula is C14H18ClNO4S. The Morgan fingerprint density at radius 1 is 1.38 bits per heavy atom. The van der Waals surface area contributed by atoms with Gasteiger partial charge in [0.1, 0.15) is 0 Å². The van der Waals surface area contributed by atoms with E-state index >= 15 is 0 Å². The molecule has 0 bridgehead atoms. The van der Waals surface area contributed by atoms with Crippen LogP contribution in [0.1, 0.15) is 24.8 Å². The van der Waals surface area contributed by atoms with Crippen LogP contribution in [-0.2, 0) is 19.6 Å². The Morgan fingerprint density at radius 2 is 2.10 bits per heavy atom. The number of ether oxygens (including phenoxy) is 1. The van der Waals surface area contributed by atoms with Crippen molar-refractivity contribution >= 4 is 33.3 Å². The predicted molar refractivity (Wildman–Crippen MR) is 81.9 cm³/mol. The van der Waals surface area contributed by atoms with Crippen LogP contribution in [0.4, 0.5) is 5.69 Å². The summed E-state index contributed by atoms with van der Waals surface area (Å²) in [5, 5.41) is -0.438. The van der Waals surface area contributed by atoms with Crippen LogP contribution < -0.4 is 4.72 Å². The van der Waals surface area contributed by atoms with E-state index in [0.717, 1.165) is 5.56 Å². The van der Waals surface area contributed by atoms with Gasteiger partial charge in [0, 0.05) is 0 Å². The molecule has 0 amide bonds. The summed E-state index contributed by atoms with van der Waals surface area (Å²) >= 11 is 6.05. The van der Waals surface area contributed by atoms with Crippen molar-refractivity contribution in [2.45, 2.75) is 31.4 Å². The van der Waals surface area contributed by atoms with Crippen LogP contribution in [0.5, 0.6) is 0 Å². The van der Waals surface area contributed by atoms with Crippen molar-refractivity contribution in [3.05, 3.63) is 28.8 Å². The number of sulfonamides is 1. The summed E-state index contributed by atoms with van der Waals surface area (Å²) in [6, 6.07) is 5.15. The van der Waals surface area contributed by atoms with E-state index in [1.165, 1.54) is 7.11 Å². The molecule has 0 saturated heterocycles. The van der Waals surface area contributed by atoms with Crippen LogP contribution in [-0.4, -0.2) is 26.7 Å². The first-order valence-electron chi connectivity index (χ1n) is 6.71. The summed E-state index contributed by atoms with van der Waals surface area (Å²) in [5.41, 5.74) is 1.10. The van der Waals surface area contributed by atoms with Gasteiger partial charge in [-0.15, -0.1) is 0 Å². The molecular weight excluding hydrogens is 314 g/mol. The maximum Gasteiger partial charge on any atom is 0.310 e. The summed E-state index contributed by atoms with van der Waals surface area (Å²) in [6.07, 6.45) is 1.66. The van der Waals surface area contributed by atoms with E-state index in [1.807, 2.05) is 0 Å². The molecule has 5 nitrogen and oxygen atoms in total. The Balaban J connectivity index is 2.28. The molecule has 1 saturated carbocycles. The molecule has 1 aromatic carbocycles.